The molecule has 1 saturated carbocycles. The molecule has 2 aliphatic rings. The maximum absolute atomic E-state index is 12.8. The first-order valence-electron chi connectivity index (χ1n) is 9.53. The Morgan fingerprint density at radius 2 is 2.00 bits per heavy atom. The number of carboxylic acid groups (broad SMARTS) is 1. The number of amides is 2. The average molecular weight is 359 g/mol. The van der Waals surface area contributed by atoms with Crippen LogP contribution < -0.4 is 10.2 Å². The van der Waals surface area contributed by atoms with E-state index in [9.17, 15) is 9.59 Å². The second kappa shape index (κ2) is 7.66. The number of hydrogen-bond donors (Lipinski definition) is 2. The van der Waals surface area contributed by atoms with E-state index in [1.165, 1.54) is 5.56 Å². The van der Waals surface area contributed by atoms with Crippen molar-refractivity contribution in [3.05, 3.63) is 29.8 Å². The number of carboxylic acids is 1. The lowest BCUT2D eigenvalue weighted by atomic mass is 9.85. The van der Waals surface area contributed by atoms with Crippen LogP contribution in [0.4, 0.5) is 10.5 Å². The highest BCUT2D eigenvalue weighted by molar-refractivity contribution is 5.95. The molecule has 1 unspecified atom stereocenters. The number of nitrogens with one attached hydrogen (secondary N) is 1. The smallest absolute Gasteiger partial charge is 0.322 e. The molecule has 6 heteroatoms. The molecule has 1 fully saturated rings. The van der Waals surface area contributed by atoms with Crippen molar-refractivity contribution in [3.63, 3.8) is 0 Å². The number of carbonyl (C=O) groups excluding carboxylic acids is 1. The number of benzene rings is 1. The third kappa shape index (κ3) is 3.70. The fourth-order valence-corrected chi connectivity index (χ4v) is 4.13. The lowest BCUT2D eigenvalue weighted by Crippen LogP contribution is -2.56. The van der Waals surface area contributed by atoms with Gasteiger partial charge < -0.3 is 10.4 Å². The van der Waals surface area contributed by atoms with Crippen molar-refractivity contribution in [2.75, 3.05) is 24.5 Å². The molecule has 0 aromatic heterocycles. The second-order valence-corrected chi connectivity index (χ2v) is 7.75. The Kier molecular flexibility index (Phi) is 5.51. The predicted molar refractivity (Wildman–Crippen MR) is 102 cm³/mol. The number of urea groups is 1. The van der Waals surface area contributed by atoms with Crippen molar-refractivity contribution in [2.45, 2.75) is 51.6 Å². The summed E-state index contributed by atoms with van der Waals surface area (Å²) in [6, 6.07) is 8.49. The van der Waals surface area contributed by atoms with Gasteiger partial charge in [-0.05, 0) is 36.9 Å². The average Bonchev–Trinajstić information content (AvgIpc) is 2.95. The monoisotopic (exact) mass is 359 g/mol. The van der Waals surface area contributed by atoms with Gasteiger partial charge in [-0.15, -0.1) is 0 Å². The van der Waals surface area contributed by atoms with Crippen molar-refractivity contribution in [3.8, 4) is 0 Å². The SMILES string of the molecule is CCN(CC(=O)O)C1CC(NC(=O)N2CC(C(C)C)c3ccccc32)C1. The minimum absolute atomic E-state index is 0.0367. The van der Waals surface area contributed by atoms with Gasteiger partial charge in [-0.3, -0.25) is 14.6 Å². The van der Waals surface area contributed by atoms with Gasteiger partial charge in [-0.1, -0.05) is 39.0 Å². The molecule has 1 aromatic rings. The second-order valence-electron chi connectivity index (χ2n) is 7.75. The van der Waals surface area contributed by atoms with Crippen LogP contribution in [0.15, 0.2) is 24.3 Å². The molecule has 26 heavy (non-hydrogen) atoms. The summed E-state index contributed by atoms with van der Waals surface area (Å²) in [7, 11) is 0. The van der Waals surface area contributed by atoms with E-state index in [2.05, 4.69) is 25.2 Å². The lowest BCUT2D eigenvalue weighted by molar-refractivity contribution is -0.139. The maximum atomic E-state index is 12.8. The fourth-order valence-electron chi connectivity index (χ4n) is 4.13. The molecule has 0 saturated heterocycles. The van der Waals surface area contributed by atoms with Gasteiger partial charge in [0.1, 0.15) is 0 Å². The molecule has 142 valence electrons. The van der Waals surface area contributed by atoms with Gasteiger partial charge in [-0.25, -0.2) is 4.79 Å². The normalized spacial score (nSPS) is 24.5. The molecule has 1 aliphatic heterocycles. The summed E-state index contributed by atoms with van der Waals surface area (Å²) >= 11 is 0. The topological polar surface area (TPSA) is 72.9 Å². The van der Waals surface area contributed by atoms with Crippen LogP contribution in [0.25, 0.3) is 0 Å². The third-order valence-electron chi connectivity index (χ3n) is 5.76. The van der Waals surface area contributed by atoms with E-state index in [0.29, 0.717) is 18.4 Å². The van der Waals surface area contributed by atoms with E-state index in [4.69, 9.17) is 5.11 Å². The van der Waals surface area contributed by atoms with E-state index in [1.807, 2.05) is 34.9 Å². The van der Waals surface area contributed by atoms with Crippen LogP contribution in [-0.2, 0) is 4.79 Å². The van der Waals surface area contributed by atoms with Gasteiger partial charge in [0.15, 0.2) is 0 Å². The van der Waals surface area contributed by atoms with Gasteiger partial charge in [0.25, 0.3) is 0 Å². The van der Waals surface area contributed by atoms with E-state index in [0.717, 1.165) is 25.1 Å². The zero-order chi connectivity index (χ0) is 18.8. The molecular weight excluding hydrogens is 330 g/mol. The molecule has 1 atom stereocenters. The number of hydrogen-bond acceptors (Lipinski definition) is 3. The first-order valence-corrected chi connectivity index (χ1v) is 9.53. The highest BCUT2D eigenvalue weighted by atomic mass is 16.4. The number of fused-ring (bicyclic) bond motifs is 1. The summed E-state index contributed by atoms with van der Waals surface area (Å²) in [5.41, 5.74) is 2.27. The third-order valence-corrected chi connectivity index (χ3v) is 5.76. The van der Waals surface area contributed by atoms with Crippen LogP contribution in [0.5, 0.6) is 0 Å². The number of aliphatic carboxylic acids is 1. The van der Waals surface area contributed by atoms with E-state index in [1.54, 1.807) is 0 Å². The zero-order valence-corrected chi connectivity index (χ0v) is 15.8. The number of likely N-dealkylation sites (N-methyl/N-ethyl adjacent to an activating group) is 1. The highest BCUT2D eigenvalue weighted by Gasteiger charge is 2.38. The van der Waals surface area contributed by atoms with E-state index in [-0.39, 0.29) is 24.7 Å². The van der Waals surface area contributed by atoms with Gasteiger partial charge in [0, 0.05) is 30.2 Å². The quantitative estimate of drug-likeness (QED) is 0.819. The van der Waals surface area contributed by atoms with E-state index >= 15 is 0 Å². The van der Waals surface area contributed by atoms with Gasteiger partial charge in [-0.2, -0.15) is 0 Å². The number of carbonyl (C=O) groups is 2. The highest BCUT2D eigenvalue weighted by Crippen LogP contribution is 2.40. The van der Waals surface area contributed by atoms with Crippen LogP contribution in [-0.4, -0.2) is 53.7 Å². The summed E-state index contributed by atoms with van der Waals surface area (Å²) in [5, 5.41) is 12.1. The van der Waals surface area contributed by atoms with Gasteiger partial charge >= 0.3 is 12.0 Å². The molecule has 0 bridgehead atoms. The number of rotatable bonds is 6. The Hall–Kier alpha value is -2.08. The summed E-state index contributed by atoms with van der Waals surface area (Å²) in [4.78, 5) is 27.6. The zero-order valence-electron chi connectivity index (χ0n) is 15.8. The molecule has 2 N–H and O–H groups in total. The van der Waals surface area contributed by atoms with Crippen molar-refractivity contribution in [1.29, 1.82) is 0 Å². The Labute approximate surface area is 155 Å². The van der Waals surface area contributed by atoms with Crippen molar-refractivity contribution in [2.24, 2.45) is 5.92 Å². The molecular formula is C20H29N3O3. The Bertz CT molecular complexity index is 670. The standard InChI is InChI=1S/C20H29N3O3/c1-4-22(12-19(24)25)15-9-14(10-15)21-20(26)23-11-17(13(2)3)16-7-5-6-8-18(16)23/h5-8,13-15,17H,4,9-12H2,1-3H3,(H,21,26)(H,24,25). The number of anilines is 1. The summed E-state index contributed by atoms with van der Waals surface area (Å²) in [6.07, 6.45) is 1.63. The minimum atomic E-state index is -0.798. The summed E-state index contributed by atoms with van der Waals surface area (Å²) < 4.78 is 0. The first kappa shape index (κ1) is 18.7. The number of para-hydroxylation sites is 1. The first-order chi connectivity index (χ1) is 12.4. The molecule has 3 rings (SSSR count). The molecule has 2 amide bonds. The molecule has 6 nitrogen and oxygen atoms in total. The van der Waals surface area contributed by atoms with Crippen LogP contribution >= 0.6 is 0 Å². The summed E-state index contributed by atoms with van der Waals surface area (Å²) in [5.74, 6) is 0.0566. The molecule has 1 aromatic carbocycles. The van der Waals surface area contributed by atoms with E-state index < -0.39 is 5.97 Å². The maximum Gasteiger partial charge on any atom is 0.322 e. The van der Waals surface area contributed by atoms with Gasteiger partial charge in [0.05, 0.1) is 6.54 Å². The molecule has 1 heterocycles. The van der Waals surface area contributed by atoms with Crippen molar-refractivity contribution in [1.82, 2.24) is 10.2 Å². The van der Waals surface area contributed by atoms with Crippen molar-refractivity contribution >= 4 is 17.7 Å². The predicted octanol–water partition coefficient (Wildman–Crippen LogP) is 2.89. The van der Waals surface area contributed by atoms with Crippen LogP contribution in [0.1, 0.15) is 45.1 Å². The van der Waals surface area contributed by atoms with Gasteiger partial charge in [0.2, 0.25) is 0 Å². The fraction of sp³-hybridized carbons (Fsp3) is 0.600. The van der Waals surface area contributed by atoms with Crippen LogP contribution in [0.2, 0.25) is 0 Å². The molecule has 0 spiro atoms. The van der Waals surface area contributed by atoms with Crippen LogP contribution in [0.3, 0.4) is 0 Å². The lowest BCUT2D eigenvalue weighted by Gasteiger charge is -2.42. The summed E-state index contributed by atoms with van der Waals surface area (Å²) in [6.45, 7) is 7.87. The molecule has 1 aliphatic carbocycles. The van der Waals surface area contributed by atoms with Crippen LogP contribution in [0, 0.1) is 5.92 Å². The Balaban J connectivity index is 1.58. The molecule has 0 radical (unpaired) electrons. The Morgan fingerprint density at radius 3 is 2.62 bits per heavy atom. The van der Waals surface area contributed by atoms with Crippen molar-refractivity contribution < 1.29 is 14.7 Å². The minimum Gasteiger partial charge on any atom is -0.480 e. The largest absolute Gasteiger partial charge is 0.480 e. The number of nitrogens with zero attached hydrogens (tertiary/aromatic N) is 2. The Morgan fingerprint density at radius 1 is 1.31 bits per heavy atom.